The molecule has 0 radical (unpaired) electrons. The van der Waals surface area contributed by atoms with Crippen molar-refractivity contribution < 1.29 is 9.53 Å². The zero-order chi connectivity index (χ0) is 9.84. The molecule has 0 amide bonds. The van der Waals surface area contributed by atoms with Crippen molar-refractivity contribution in [2.24, 2.45) is 0 Å². The van der Waals surface area contributed by atoms with E-state index in [1.165, 1.54) is 7.11 Å². The molecule has 0 aliphatic carbocycles. The fourth-order valence-electron chi connectivity index (χ4n) is 1.38. The summed E-state index contributed by atoms with van der Waals surface area (Å²) in [6.45, 7) is 2.75. The monoisotopic (exact) mass is 222 g/mol. The van der Waals surface area contributed by atoms with Crippen LogP contribution in [0.1, 0.15) is 0 Å². The zero-order valence-electron chi connectivity index (χ0n) is 7.99. The molecule has 76 valence electrons. The second-order valence-corrected chi connectivity index (χ2v) is 4.76. The van der Waals surface area contributed by atoms with Crippen LogP contribution in [0.5, 0.6) is 0 Å². The molecule has 0 N–H and O–H groups in total. The summed E-state index contributed by atoms with van der Waals surface area (Å²) in [6.07, 6.45) is 0. The van der Waals surface area contributed by atoms with Gasteiger partial charge in [-0.25, -0.2) is 0 Å². The van der Waals surface area contributed by atoms with E-state index in [1.807, 2.05) is 11.9 Å². The van der Waals surface area contributed by atoms with Gasteiger partial charge in [-0.1, -0.05) is 8.93 Å². The van der Waals surface area contributed by atoms with Crippen molar-refractivity contribution in [3.63, 3.8) is 0 Å². The number of rotatable bonds is 2. The maximum Gasteiger partial charge on any atom is 0.324 e. The maximum absolute atomic E-state index is 11.3. The molecule has 1 aliphatic rings. The number of esters is 1. The van der Waals surface area contributed by atoms with Crippen LogP contribution >= 0.6 is 17.3 Å². The van der Waals surface area contributed by atoms with Crippen LogP contribution in [0, 0.1) is 0 Å². The molecule has 3 atom stereocenters. The summed E-state index contributed by atoms with van der Waals surface area (Å²) in [6, 6.07) is -0.0909. The minimum absolute atomic E-state index is 0.0909. The summed E-state index contributed by atoms with van der Waals surface area (Å²) in [5.74, 6) is -0.129. The minimum Gasteiger partial charge on any atom is -0.468 e. The number of carbonyl (C=O) groups excluding carboxylic acids is 1. The quantitative estimate of drug-likeness (QED) is 0.492. The number of ether oxygens (including phenoxy) is 1. The van der Waals surface area contributed by atoms with E-state index >= 15 is 0 Å². The lowest BCUT2D eigenvalue weighted by Gasteiger charge is -2.36. The molecule has 1 fully saturated rings. The number of carbonyl (C=O) groups is 1. The first-order valence-corrected chi connectivity index (χ1v) is 6.94. The van der Waals surface area contributed by atoms with Gasteiger partial charge in [0.05, 0.1) is 7.11 Å². The highest BCUT2D eigenvalue weighted by molar-refractivity contribution is 8.01. The fourth-order valence-corrected chi connectivity index (χ4v) is 2.59. The van der Waals surface area contributed by atoms with Crippen LogP contribution < -0.4 is 0 Å². The SMILES string of the molecule is COC(=O)C1CN(PP)CCN1C. The zero-order valence-corrected chi connectivity index (χ0v) is 10.1. The lowest BCUT2D eigenvalue weighted by atomic mass is 10.2. The molecule has 0 spiro atoms. The molecular formula is C7H16N2O2P2. The number of piperazine rings is 1. The first-order chi connectivity index (χ1) is 6.19. The van der Waals surface area contributed by atoms with Gasteiger partial charge >= 0.3 is 5.97 Å². The van der Waals surface area contributed by atoms with Crippen LogP contribution in [0.4, 0.5) is 0 Å². The van der Waals surface area contributed by atoms with E-state index in [0.717, 1.165) is 19.6 Å². The van der Waals surface area contributed by atoms with Gasteiger partial charge in [0.1, 0.15) is 6.04 Å². The van der Waals surface area contributed by atoms with Crippen LogP contribution in [-0.2, 0) is 9.53 Å². The second kappa shape index (κ2) is 5.21. The van der Waals surface area contributed by atoms with Gasteiger partial charge in [0.25, 0.3) is 0 Å². The Morgan fingerprint density at radius 1 is 1.62 bits per heavy atom. The molecule has 0 aromatic rings. The van der Waals surface area contributed by atoms with E-state index < -0.39 is 0 Å². The molecule has 0 aromatic carbocycles. The first-order valence-electron chi connectivity index (χ1n) is 4.18. The van der Waals surface area contributed by atoms with Crippen molar-refractivity contribution in [3.8, 4) is 0 Å². The Balaban J connectivity index is 2.54. The lowest BCUT2D eigenvalue weighted by Crippen LogP contribution is -2.52. The van der Waals surface area contributed by atoms with Crippen molar-refractivity contribution in [2.75, 3.05) is 33.8 Å². The highest BCUT2D eigenvalue weighted by Gasteiger charge is 2.29. The fraction of sp³-hybridized carbons (Fsp3) is 0.857. The highest BCUT2D eigenvalue weighted by atomic mass is 32.0. The summed E-state index contributed by atoms with van der Waals surface area (Å²) in [7, 11) is 6.80. The largest absolute Gasteiger partial charge is 0.468 e. The molecule has 0 saturated carbocycles. The third-order valence-electron chi connectivity index (χ3n) is 2.30. The van der Waals surface area contributed by atoms with Gasteiger partial charge in [0.2, 0.25) is 0 Å². The summed E-state index contributed by atoms with van der Waals surface area (Å²) in [4.78, 5) is 13.4. The van der Waals surface area contributed by atoms with Gasteiger partial charge in [-0.15, -0.1) is 0 Å². The minimum atomic E-state index is -0.129. The number of methoxy groups -OCH3 is 1. The smallest absolute Gasteiger partial charge is 0.324 e. The molecule has 1 saturated heterocycles. The van der Waals surface area contributed by atoms with Crippen molar-refractivity contribution in [1.82, 2.24) is 9.57 Å². The van der Waals surface area contributed by atoms with Crippen LogP contribution in [0.25, 0.3) is 0 Å². The second-order valence-electron chi connectivity index (χ2n) is 3.09. The number of nitrogens with zero attached hydrogens (tertiary/aromatic N) is 2. The van der Waals surface area contributed by atoms with Crippen LogP contribution in [0.3, 0.4) is 0 Å². The summed E-state index contributed by atoms with van der Waals surface area (Å²) in [5, 5.41) is 0. The van der Waals surface area contributed by atoms with Gasteiger partial charge in [-0.2, -0.15) is 0 Å². The predicted molar refractivity (Wildman–Crippen MR) is 58.0 cm³/mol. The standard InChI is InChI=1S/C7H16N2O2P2/c1-8-3-4-9(13-12)5-6(8)7(10)11-2/h6,13H,3-5,12H2,1-2H3. The Bertz CT molecular complexity index is 191. The third kappa shape index (κ3) is 2.85. The van der Waals surface area contributed by atoms with Crippen molar-refractivity contribution in [2.45, 2.75) is 6.04 Å². The number of hydrogen-bond donors (Lipinski definition) is 0. The molecule has 6 heteroatoms. The summed E-state index contributed by atoms with van der Waals surface area (Å²) < 4.78 is 7.00. The van der Waals surface area contributed by atoms with Crippen LogP contribution in [0.15, 0.2) is 0 Å². The number of likely N-dealkylation sites (N-methyl/N-ethyl adjacent to an activating group) is 1. The Kier molecular flexibility index (Phi) is 4.54. The van der Waals surface area contributed by atoms with E-state index in [2.05, 4.69) is 13.6 Å². The van der Waals surface area contributed by atoms with Gasteiger partial charge in [-0.3, -0.25) is 14.4 Å². The Hall–Kier alpha value is 0.250. The average molecular weight is 222 g/mol. The third-order valence-corrected chi connectivity index (χ3v) is 4.17. The van der Waals surface area contributed by atoms with Crippen LogP contribution in [0.2, 0.25) is 0 Å². The van der Waals surface area contributed by atoms with Gasteiger partial charge in [0.15, 0.2) is 0 Å². The van der Waals surface area contributed by atoms with E-state index in [4.69, 9.17) is 4.74 Å². The Morgan fingerprint density at radius 2 is 2.31 bits per heavy atom. The van der Waals surface area contributed by atoms with Gasteiger partial charge < -0.3 is 4.74 Å². The molecule has 0 aromatic heterocycles. The molecular weight excluding hydrogens is 206 g/mol. The number of hydrogen-bond acceptors (Lipinski definition) is 4. The topological polar surface area (TPSA) is 32.8 Å². The average Bonchev–Trinajstić information content (AvgIpc) is 2.17. The first kappa shape index (κ1) is 11.3. The van der Waals surface area contributed by atoms with Crippen LogP contribution in [-0.4, -0.2) is 55.4 Å². The molecule has 1 aliphatic heterocycles. The highest BCUT2D eigenvalue weighted by Crippen LogP contribution is 2.28. The molecule has 1 rings (SSSR count). The van der Waals surface area contributed by atoms with E-state index in [0.29, 0.717) is 8.42 Å². The molecule has 13 heavy (non-hydrogen) atoms. The van der Waals surface area contributed by atoms with Crippen molar-refractivity contribution in [3.05, 3.63) is 0 Å². The molecule has 4 nitrogen and oxygen atoms in total. The maximum atomic E-state index is 11.3. The van der Waals surface area contributed by atoms with E-state index in [9.17, 15) is 4.79 Å². The van der Waals surface area contributed by atoms with Crippen molar-refractivity contribution in [1.29, 1.82) is 0 Å². The summed E-state index contributed by atoms with van der Waals surface area (Å²) >= 11 is 0. The van der Waals surface area contributed by atoms with Gasteiger partial charge in [0, 0.05) is 19.6 Å². The summed E-state index contributed by atoms with van der Waals surface area (Å²) in [5.41, 5.74) is 0. The Morgan fingerprint density at radius 3 is 2.85 bits per heavy atom. The van der Waals surface area contributed by atoms with E-state index in [1.54, 1.807) is 0 Å². The molecule has 1 heterocycles. The van der Waals surface area contributed by atoms with E-state index in [-0.39, 0.29) is 12.0 Å². The Labute approximate surface area is 82.9 Å². The lowest BCUT2D eigenvalue weighted by molar-refractivity contribution is -0.147. The normalized spacial score (nSPS) is 26.8. The molecule has 3 unspecified atom stereocenters. The molecule has 0 bridgehead atoms. The van der Waals surface area contributed by atoms with Gasteiger partial charge in [-0.05, 0) is 15.5 Å². The van der Waals surface area contributed by atoms with Crippen molar-refractivity contribution >= 4 is 23.3 Å². The predicted octanol–water partition coefficient (Wildman–Crippen LogP) is 0.159.